The van der Waals surface area contributed by atoms with E-state index in [2.05, 4.69) is 6.92 Å². The second-order valence-electron chi connectivity index (χ2n) is 7.14. The van der Waals surface area contributed by atoms with E-state index < -0.39 is 0 Å². The molecule has 0 amide bonds. The third-order valence-corrected chi connectivity index (χ3v) is 4.73. The van der Waals surface area contributed by atoms with Crippen LogP contribution in [-0.2, 0) is 0 Å². The summed E-state index contributed by atoms with van der Waals surface area (Å²) in [6.45, 7) is 2.97. The van der Waals surface area contributed by atoms with Crippen LogP contribution in [0.1, 0.15) is 74.2 Å². The van der Waals surface area contributed by atoms with Gasteiger partial charge in [0.1, 0.15) is 11.5 Å². The van der Waals surface area contributed by atoms with Gasteiger partial charge in [-0.25, -0.2) is 0 Å². The molecule has 2 aromatic rings. The second-order valence-corrected chi connectivity index (χ2v) is 7.14. The van der Waals surface area contributed by atoms with Gasteiger partial charge in [-0.15, -0.1) is 0 Å². The van der Waals surface area contributed by atoms with E-state index in [4.69, 9.17) is 4.74 Å². The number of carbonyl (C=O) groups is 1. The molecule has 0 spiro atoms. The van der Waals surface area contributed by atoms with Gasteiger partial charge in [-0.3, -0.25) is 4.79 Å². The summed E-state index contributed by atoms with van der Waals surface area (Å²) in [6.07, 6.45) is 13.6. The van der Waals surface area contributed by atoms with Crippen molar-refractivity contribution in [2.45, 2.75) is 58.3 Å². The van der Waals surface area contributed by atoms with Crippen molar-refractivity contribution in [1.29, 1.82) is 0 Å². The lowest BCUT2D eigenvalue weighted by Gasteiger charge is -2.07. The van der Waals surface area contributed by atoms with Crippen LogP contribution in [0.25, 0.3) is 6.08 Å². The minimum absolute atomic E-state index is 0.0531. The Balaban J connectivity index is 1.66. The third kappa shape index (κ3) is 8.43. The summed E-state index contributed by atoms with van der Waals surface area (Å²) in [4.78, 5) is 12.2. The van der Waals surface area contributed by atoms with E-state index >= 15 is 0 Å². The zero-order valence-electron chi connectivity index (χ0n) is 16.9. The molecule has 2 aromatic carbocycles. The lowest BCUT2D eigenvalue weighted by molar-refractivity contribution is 0.104. The zero-order valence-corrected chi connectivity index (χ0v) is 16.9. The molecule has 0 aliphatic carbocycles. The predicted octanol–water partition coefficient (Wildman–Crippen LogP) is 6.81. The fourth-order valence-corrected chi connectivity index (χ4v) is 2.99. The van der Waals surface area contributed by atoms with Gasteiger partial charge in [0.05, 0.1) is 6.61 Å². The maximum atomic E-state index is 12.2. The molecular weight excluding hydrogens is 348 g/mol. The maximum absolute atomic E-state index is 12.2. The molecular formula is C25H32O3. The highest BCUT2D eigenvalue weighted by Crippen LogP contribution is 2.15. The Morgan fingerprint density at radius 1 is 0.857 bits per heavy atom. The van der Waals surface area contributed by atoms with Gasteiger partial charge in [-0.05, 0) is 54.5 Å². The number of aromatic hydroxyl groups is 1. The van der Waals surface area contributed by atoms with Crippen LogP contribution in [0.15, 0.2) is 54.6 Å². The number of benzene rings is 2. The van der Waals surface area contributed by atoms with E-state index in [9.17, 15) is 9.90 Å². The van der Waals surface area contributed by atoms with Gasteiger partial charge in [-0.2, -0.15) is 0 Å². The molecule has 0 unspecified atom stereocenters. The first-order valence-electron chi connectivity index (χ1n) is 10.4. The molecule has 0 saturated heterocycles. The summed E-state index contributed by atoms with van der Waals surface area (Å²) < 4.78 is 5.77. The molecule has 0 radical (unpaired) electrons. The van der Waals surface area contributed by atoms with Crippen LogP contribution in [-0.4, -0.2) is 17.5 Å². The van der Waals surface area contributed by atoms with Gasteiger partial charge in [0.25, 0.3) is 0 Å². The van der Waals surface area contributed by atoms with E-state index in [1.165, 1.54) is 44.9 Å². The molecule has 0 heterocycles. The summed E-state index contributed by atoms with van der Waals surface area (Å²) in [5.41, 5.74) is 1.51. The van der Waals surface area contributed by atoms with Gasteiger partial charge in [0.15, 0.2) is 5.78 Å². The average Bonchev–Trinajstić information content (AvgIpc) is 2.72. The van der Waals surface area contributed by atoms with Crippen molar-refractivity contribution >= 4 is 11.9 Å². The number of hydrogen-bond acceptors (Lipinski definition) is 3. The molecule has 0 atom stereocenters. The lowest BCUT2D eigenvalue weighted by Crippen LogP contribution is -1.99. The highest BCUT2D eigenvalue weighted by atomic mass is 16.5. The lowest BCUT2D eigenvalue weighted by atomic mass is 10.1. The maximum Gasteiger partial charge on any atom is 0.185 e. The number of hydrogen-bond donors (Lipinski definition) is 1. The quantitative estimate of drug-likeness (QED) is 0.236. The first kappa shape index (κ1) is 21.7. The molecule has 0 aliphatic rings. The van der Waals surface area contributed by atoms with Gasteiger partial charge in [0.2, 0.25) is 0 Å². The largest absolute Gasteiger partial charge is 0.508 e. The molecule has 150 valence electrons. The van der Waals surface area contributed by atoms with Gasteiger partial charge in [0, 0.05) is 5.56 Å². The Kier molecular flexibility index (Phi) is 9.92. The molecule has 28 heavy (non-hydrogen) atoms. The van der Waals surface area contributed by atoms with Gasteiger partial charge < -0.3 is 9.84 Å². The highest BCUT2D eigenvalue weighted by molar-refractivity contribution is 6.06. The molecule has 3 nitrogen and oxygen atoms in total. The number of allylic oxidation sites excluding steroid dienone is 1. The van der Waals surface area contributed by atoms with Crippen molar-refractivity contribution in [3.63, 3.8) is 0 Å². The number of carbonyl (C=O) groups excluding carboxylic acids is 1. The van der Waals surface area contributed by atoms with Crippen molar-refractivity contribution in [1.82, 2.24) is 0 Å². The number of unbranched alkanes of at least 4 members (excludes halogenated alkanes) is 7. The van der Waals surface area contributed by atoms with Crippen molar-refractivity contribution in [2.24, 2.45) is 0 Å². The highest BCUT2D eigenvalue weighted by Gasteiger charge is 2.02. The van der Waals surface area contributed by atoms with Crippen LogP contribution in [0.3, 0.4) is 0 Å². The molecule has 0 fully saturated rings. The van der Waals surface area contributed by atoms with Crippen molar-refractivity contribution in [3.8, 4) is 11.5 Å². The minimum atomic E-state index is -0.0531. The summed E-state index contributed by atoms with van der Waals surface area (Å²) in [5, 5.41) is 9.28. The summed E-state index contributed by atoms with van der Waals surface area (Å²) in [6, 6.07) is 14.0. The fourth-order valence-electron chi connectivity index (χ4n) is 2.99. The van der Waals surface area contributed by atoms with Crippen LogP contribution < -0.4 is 4.74 Å². The molecule has 2 rings (SSSR count). The van der Waals surface area contributed by atoms with Crippen LogP contribution in [0.5, 0.6) is 11.5 Å². The number of ketones is 1. The first-order valence-corrected chi connectivity index (χ1v) is 10.4. The van der Waals surface area contributed by atoms with E-state index in [1.807, 2.05) is 12.1 Å². The topological polar surface area (TPSA) is 46.5 Å². The molecule has 1 N–H and O–H groups in total. The number of phenolic OH excluding ortho intramolecular Hbond substituents is 1. The smallest absolute Gasteiger partial charge is 0.185 e. The van der Waals surface area contributed by atoms with Crippen LogP contribution in [0.2, 0.25) is 0 Å². The normalized spacial score (nSPS) is 11.0. The summed E-state index contributed by atoms with van der Waals surface area (Å²) in [7, 11) is 0. The number of ether oxygens (including phenoxy) is 1. The standard InChI is InChI=1S/C25H32O3/c1-2-3-4-5-6-7-8-9-20-28-24-17-13-22(14-18-24)25(27)19-12-21-10-15-23(26)16-11-21/h10-19,26H,2-9,20H2,1H3. The zero-order chi connectivity index (χ0) is 20.0. The van der Waals surface area contributed by atoms with Crippen molar-refractivity contribution in [3.05, 3.63) is 65.7 Å². The van der Waals surface area contributed by atoms with Gasteiger partial charge in [-0.1, -0.05) is 70.1 Å². The number of rotatable bonds is 13. The summed E-state index contributed by atoms with van der Waals surface area (Å²) in [5.74, 6) is 0.968. The van der Waals surface area contributed by atoms with Gasteiger partial charge >= 0.3 is 0 Å². The van der Waals surface area contributed by atoms with Crippen molar-refractivity contribution < 1.29 is 14.6 Å². The molecule has 3 heteroatoms. The van der Waals surface area contributed by atoms with Crippen LogP contribution in [0, 0.1) is 0 Å². The average molecular weight is 381 g/mol. The van der Waals surface area contributed by atoms with E-state index in [0.717, 1.165) is 24.3 Å². The fraction of sp³-hybridized carbons (Fsp3) is 0.400. The molecule has 0 aromatic heterocycles. The molecule has 0 aliphatic heterocycles. The molecule has 0 bridgehead atoms. The third-order valence-electron chi connectivity index (χ3n) is 4.73. The van der Waals surface area contributed by atoms with E-state index in [-0.39, 0.29) is 11.5 Å². The van der Waals surface area contributed by atoms with Crippen LogP contribution >= 0.6 is 0 Å². The Labute approximate surface area is 169 Å². The molecule has 0 saturated carbocycles. The summed E-state index contributed by atoms with van der Waals surface area (Å²) >= 11 is 0. The minimum Gasteiger partial charge on any atom is -0.508 e. The predicted molar refractivity (Wildman–Crippen MR) is 116 cm³/mol. The van der Waals surface area contributed by atoms with E-state index in [0.29, 0.717) is 5.56 Å². The SMILES string of the molecule is CCCCCCCCCCOc1ccc(C(=O)C=Cc2ccc(O)cc2)cc1. The van der Waals surface area contributed by atoms with E-state index in [1.54, 1.807) is 48.6 Å². The Morgan fingerprint density at radius 3 is 2.11 bits per heavy atom. The monoisotopic (exact) mass is 380 g/mol. The second kappa shape index (κ2) is 12.8. The van der Waals surface area contributed by atoms with Crippen LogP contribution in [0.4, 0.5) is 0 Å². The Bertz CT molecular complexity index is 714. The Hall–Kier alpha value is -2.55. The van der Waals surface area contributed by atoms with Crippen molar-refractivity contribution in [2.75, 3.05) is 6.61 Å². The number of phenols is 1. The first-order chi connectivity index (χ1) is 13.7. The Morgan fingerprint density at radius 2 is 1.46 bits per heavy atom.